The number of aliphatic imine (C=N–C) groups is 1. The molecule has 14 heavy (non-hydrogen) atoms. The van der Waals surface area contributed by atoms with Crippen LogP contribution in [-0.4, -0.2) is 28.4 Å². The van der Waals surface area contributed by atoms with Gasteiger partial charge in [0, 0.05) is 11.4 Å². The topological polar surface area (TPSA) is 54.5 Å². The molecule has 0 fully saturated rings. The monoisotopic (exact) mass is 210 g/mol. The number of nitrogens with two attached hydrogens (primary N) is 1. The Bertz CT molecular complexity index is 331. The molecule has 0 amide bonds. The summed E-state index contributed by atoms with van der Waals surface area (Å²) in [7, 11) is 0. The van der Waals surface area contributed by atoms with Crippen LogP contribution in [0.15, 0.2) is 15.9 Å². The van der Waals surface area contributed by atoms with Crippen LogP contribution >= 0.6 is 11.3 Å². The van der Waals surface area contributed by atoms with Crippen molar-refractivity contribution in [1.29, 1.82) is 0 Å². The first-order chi connectivity index (χ1) is 6.70. The van der Waals surface area contributed by atoms with E-state index < -0.39 is 0 Å². The van der Waals surface area contributed by atoms with Gasteiger partial charge in [-0.3, -0.25) is 4.99 Å². The molecule has 4 nitrogen and oxygen atoms in total. The Morgan fingerprint density at radius 2 is 2.43 bits per heavy atom. The van der Waals surface area contributed by atoms with Gasteiger partial charge in [0.15, 0.2) is 5.96 Å². The summed E-state index contributed by atoms with van der Waals surface area (Å²) in [5.41, 5.74) is 8.75. The van der Waals surface area contributed by atoms with Crippen LogP contribution in [0.2, 0.25) is 0 Å². The number of hydrogen-bond donors (Lipinski definition) is 1. The Hall–Kier alpha value is -1.10. The van der Waals surface area contributed by atoms with E-state index in [1.54, 1.807) is 11.3 Å². The maximum atomic E-state index is 5.83. The second kappa shape index (κ2) is 3.57. The summed E-state index contributed by atoms with van der Waals surface area (Å²) < 4.78 is 0. The molecule has 1 unspecified atom stereocenters. The molecule has 0 aromatic carbocycles. The first-order valence-corrected chi connectivity index (χ1v) is 5.60. The van der Waals surface area contributed by atoms with Crippen molar-refractivity contribution in [3.8, 4) is 0 Å². The minimum absolute atomic E-state index is 0.237. The molecule has 1 aromatic rings. The number of rotatable bonds is 2. The first kappa shape index (κ1) is 9.45. The van der Waals surface area contributed by atoms with Crippen molar-refractivity contribution in [1.82, 2.24) is 9.88 Å². The van der Waals surface area contributed by atoms with Crippen LogP contribution in [0, 0.1) is 0 Å². The van der Waals surface area contributed by atoms with Gasteiger partial charge >= 0.3 is 0 Å². The van der Waals surface area contributed by atoms with Crippen molar-refractivity contribution in [3.05, 3.63) is 16.6 Å². The number of thiazole rings is 1. The largest absolute Gasteiger partial charge is 0.370 e. The second-order valence-corrected chi connectivity index (χ2v) is 4.35. The number of guanidine groups is 1. The van der Waals surface area contributed by atoms with Gasteiger partial charge in [0.25, 0.3) is 0 Å². The third kappa shape index (κ3) is 1.48. The molecular weight excluding hydrogens is 196 g/mol. The number of nitrogens with zero attached hydrogens (tertiary/aromatic N) is 3. The van der Waals surface area contributed by atoms with Crippen LogP contribution in [0.3, 0.4) is 0 Å². The van der Waals surface area contributed by atoms with Gasteiger partial charge < -0.3 is 10.6 Å². The predicted octanol–water partition coefficient (Wildman–Crippen LogP) is 1.22. The van der Waals surface area contributed by atoms with E-state index >= 15 is 0 Å². The molecule has 0 radical (unpaired) electrons. The Kier molecular flexibility index (Phi) is 2.41. The molecule has 2 rings (SSSR count). The summed E-state index contributed by atoms with van der Waals surface area (Å²) in [4.78, 5) is 10.7. The molecule has 0 aliphatic carbocycles. The minimum atomic E-state index is 0.237. The van der Waals surface area contributed by atoms with Crippen molar-refractivity contribution in [2.24, 2.45) is 10.7 Å². The lowest BCUT2D eigenvalue weighted by atomic mass is 10.2. The molecule has 0 saturated heterocycles. The standard InChI is InChI=1S/C9H14N4S/c1-6(2)13-8(3-11-9(13)10)7-4-14-5-12-7/h4-6,8H,3H2,1-2H3,(H2,10,11). The Morgan fingerprint density at radius 1 is 1.64 bits per heavy atom. The van der Waals surface area contributed by atoms with Crippen molar-refractivity contribution < 1.29 is 0 Å². The molecule has 2 heterocycles. The molecule has 5 heteroatoms. The fraction of sp³-hybridized carbons (Fsp3) is 0.556. The van der Waals surface area contributed by atoms with E-state index in [1.165, 1.54) is 0 Å². The summed E-state index contributed by atoms with van der Waals surface area (Å²) in [5.74, 6) is 0.637. The van der Waals surface area contributed by atoms with Crippen molar-refractivity contribution in [2.75, 3.05) is 6.54 Å². The third-order valence-electron chi connectivity index (χ3n) is 2.38. The molecule has 2 N–H and O–H groups in total. The Balaban J connectivity index is 2.23. The molecule has 0 saturated carbocycles. The van der Waals surface area contributed by atoms with Crippen molar-refractivity contribution in [3.63, 3.8) is 0 Å². The van der Waals surface area contributed by atoms with Gasteiger partial charge in [0.05, 0.1) is 23.8 Å². The molecular formula is C9H14N4S. The van der Waals surface area contributed by atoms with E-state index in [0.717, 1.165) is 12.2 Å². The predicted molar refractivity (Wildman–Crippen MR) is 58.3 cm³/mol. The maximum absolute atomic E-state index is 5.83. The van der Waals surface area contributed by atoms with Gasteiger partial charge in [0.1, 0.15) is 0 Å². The van der Waals surface area contributed by atoms with Gasteiger partial charge in [-0.25, -0.2) is 4.98 Å². The normalized spacial score (nSPS) is 21.8. The van der Waals surface area contributed by atoms with Crippen LogP contribution in [0.25, 0.3) is 0 Å². The summed E-state index contributed by atoms with van der Waals surface area (Å²) in [6.45, 7) is 4.97. The van der Waals surface area contributed by atoms with Crippen LogP contribution in [0.1, 0.15) is 25.6 Å². The lowest BCUT2D eigenvalue weighted by Crippen LogP contribution is -2.41. The SMILES string of the molecule is CC(C)N1C(N)=NCC1c1cscn1. The summed E-state index contributed by atoms with van der Waals surface area (Å²) in [6.07, 6.45) is 0. The highest BCUT2D eigenvalue weighted by Crippen LogP contribution is 2.26. The number of hydrogen-bond acceptors (Lipinski definition) is 5. The van der Waals surface area contributed by atoms with Crippen LogP contribution < -0.4 is 5.73 Å². The zero-order valence-electron chi connectivity index (χ0n) is 8.34. The molecule has 1 aromatic heterocycles. The Morgan fingerprint density at radius 3 is 3.00 bits per heavy atom. The third-order valence-corrected chi connectivity index (χ3v) is 2.98. The van der Waals surface area contributed by atoms with E-state index in [0.29, 0.717) is 12.0 Å². The zero-order valence-corrected chi connectivity index (χ0v) is 9.16. The fourth-order valence-corrected chi connectivity index (χ4v) is 2.36. The van der Waals surface area contributed by atoms with Crippen LogP contribution in [-0.2, 0) is 0 Å². The van der Waals surface area contributed by atoms with Crippen molar-refractivity contribution in [2.45, 2.75) is 25.9 Å². The highest BCUT2D eigenvalue weighted by Gasteiger charge is 2.30. The molecule has 76 valence electrons. The van der Waals surface area contributed by atoms with Gasteiger partial charge in [-0.05, 0) is 13.8 Å². The quantitative estimate of drug-likeness (QED) is 0.798. The van der Waals surface area contributed by atoms with E-state index in [2.05, 4.69) is 34.1 Å². The molecule has 1 aliphatic rings. The van der Waals surface area contributed by atoms with Gasteiger partial charge in [-0.2, -0.15) is 0 Å². The fourth-order valence-electron chi connectivity index (χ4n) is 1.76. The summed E-state index contributed by atoms with van der Waals surface area (Å²) in [5, 5.41) is 2.06. The molecule has 0 bridgehead atoms. The van der Waals surface area contributed by atoms with E-state index in [9.17, 15) is 0 Å². The van der Waals surface area contributed by atoms with Crippen molar-refractivity contribution >= 4 is 17.3 Å². The Labute approximate surface area is 87.5 Å². The van der Waals surface area contributed by atoms with Gasteiger partial charge in [0.2, 0.25) is 0 Å². The average Bonchev–Trinajstić information content (AvgIpc) is 2.70. The lowest BCUT2D eigenvalue weighted by Gasteiger charge is -2.28. The van der Waals surface area contributed by atoms with E-state index in [1.807, 2.05) is 5.51 Å². The van der Waals surface area contributed by atoms with Crippen LogP contribution in [0.4, 0.5) is 0 Å². The van der Waals surface area contributed by atoms with Crippen LogP contribution in [0.5, 0.6) is 0 Å². The first-order valence-electron chi connectivity index (χ1n) is 4.66. The zero-order chi connectivity index (χ0) is 10.1. The van der Waals surface area contributed by atoms with E-state index in [-0.39, 0.29) is 6.04 Å². The van der Waals surface area contributed by atoms with Gasteiger partial charge in [-0.1, -0.05) is 0 Å². The summed E-state index contributed by atoms with van der Waals surface area (Å²) in [6, 6.07) is 0.606. The number of aromatic nitrogens is 1. The molecule has 1 aliphatic heterocycles. The molecule has 1 atom stereocenters. The maximum Gasteiger partial charge on any atom is 0.192 e. The average molecular weight is 210 g/mol. The van der Waals surface area contributed by atoms with E-state index in [4.69, 9.17) is 5.73 Å². The lowest BCUT2D eigenvalue weighted by molar-refractivity contribution is 0.286. The highest BCUT2D eigenvalue weighted by molar-refractivity contribution is 7.07. The highest BCUT2D eigenvalue weighted by atomic mass is 32.1. The van der Waals surface area contributed by atoms with Gasteiger partial charge in [-0.15, -0.1) is 11.3 Å². The second-order valence-electron chi connectivity index (χ2n) is 3.63. The smallest absolute Gasteiger partial charge is 0.192 e. The minimum Gasteiger partial charge on any atom is -0.370 e. The molecule has 0 spiro atoms. The summed E-state index contributed by atoms with van der Waals surface area (Å²) >= 11 is 1.61.